The number of aromatic amines is 1. The molecule has 5 aromatic rings. The van der Waals surface area contributed by atoms with Crippen molar-refractivity contribution in [1.82, 2.24) is 24.5 Å². The number of sulfonamides is 1. The number of alkyl halides is 3. The summed E-state index contributed by atoms with van der Waals surface area (Å²) >= 11 is 6.23. The maximum absolute atomic E-state index is 14.0. The molecule has 346 valence electrons. The zero-order valence-electron chi connectivity index (χ0n) is 36.2. The lowest BCUT2D eigenvalue weighted by Crippen LogP contribution is -2.47. The minimum Gasteiger partial charge on any atom is -0.456 e. The zero-order chi connectivity index (χ0) is 46.3. The van der Waals surface area contributed by atoms with Gasteiger partial charge in [-0.05, 0) is 104 Å². The maximum Gasteiger partial charge on any atom is 0.501 e. The number of amides is 1. The Balaban J connectivity index is 1.05. The molecule has 2 aliphatic heterocycles. The van der Waals surface area contributed by atoms with Crippen LogP contribution in [0.3, 0.4) is 0 Å². The fraction of sp³-hybridized carbons (Fsp3) is 0.370. The quantitative estimate of drug-likeness (QED) is 0.111. The van der Waals surface area contributed by atoms with Gasteiger partial charge < -0.3 is 24.9 Å². The standard InChI is InChI=1S/C46H51ClF3N7O6S2/c1-45(2)17-15-32(38(29-45)31-7-9-33(47)10-8-31)30-55-21-23-56(24-22-55)34-11-13-37(42(27-34)63-41-6-4-5-39-36(41)16-18-51-39)44(58)53-65(61,62)35-12-14-40(52-57-25-19-54(3)20-26-57)43(28-35)64(59,60)46(48,49)50/h4-14,16,18,27-28,51-52H,15,17,19-26,29-30H2,1-3H3,(H,53,58). The van der Waals surface area contributed by atoms with E-state index in [1.54, 1.807) is 41.5 Å². The number of nitrogens with one attached hydrogen (secondary N) is 3. The molecule has 1 aliphatic carbocycles. The Kier molecular flexibility index (Phi) is 13.1. The van der Waals surface area contributed by atoms with Crippen LogP contribution in [0, 0.1) is 5.41 Å². The Bertz CT molecular complexity index is 2840. The van der Waals surface area contributed by atoms with E-state index in [1.165, 1.54) is 22.8 Å². The van der Waals surface area contributed by atoms with Crippen LogP contribution in [0.5, 0.6) is 11.5 Å². The van der Waals surface area contributed by atoms with E-state index in [0.717, 1.165) is 62.2 Å². The molecule has 8 rings (SSSR count). The van der Waals surface area contributed by atoms with Crippen LogP contribution in [0.1, 0.15) is 49.0 Å². The Morgan fingerprint density at radius 1 is 0.862 bits per heavy atom. The van der Waals surface area contributed by atoms with Crippen molar-refractivity contribution in [2.75, 3.05) is 76.3 Å². The first-order valence-electron chi connectivity index (χ1n) is 21.3. The number of nitrogens with zero attached hydrogens (tertiary/aromatic N) is 4. The lowest BCUT2D eigenvalue weighted by Gasteiger charge is -2.39. The molecule has 0 atom stereocenters. The average molecular weight is 955 g/mol. The number of carbonyl (C=O) groups is 1. The van der Waals surface area contributed by atoms with Crippen LogP contribution in [-0.4, -0.2) is 114 Å². The van der Waals surface area contributed by atoms with Crippen molar-refractivity contribution < 1.29 is 39.5 Å². The number of hydrazine groups is 1. The lowest BCUT2D eigenvalue weighted by molar-refractivity contribution is -0.0436. The fourth-order valence-electron chi connectivity index (χ4n) is 8.58. The van der Waals surface area contributed by atoms with E-state index in [9.17, 15) is 34.8 Å². The van der Waals surface area contributed by atoms with Gasteiger partial charge in [-0.3, -0.25) is 9.69 Å². The van der Waals surface area contributed by atoms with Crippen molar-refractivity contribution in [3.63, 3.8) is 0 Å². The summed E-state index contributed by atoms with van der Waals surface area (Å²) in [5.41, 5.74) is 2.00. The predicted molar refractivity (Wildman–Crippen MR) is 246 cm³/mol. The van der Waals surface area contributed by atoms with Crippen LogP contribution in [0.15, 0.2) is 106 Å². The van der Waals surface area contributed by atoms with Gasteiger partial charge in [0.1, 0.15) is 16.4 Å². The second-order valence-electron chi connectivity index (χ2n) is 17.6. The van der Waals surface area contributed by atoms with Crippen LogP contribution >= 0.6 is 11.6 Å². The van der Waals surface area contributed by atoms with Gasteiger partial charge in [-0.1, -0.05) is 49.2 Å². The van der Waals surface area contributed by atoms with E-state index in [1.807, 2.05) is 34.9 Å². The molecule has 4 aromatic carbocycles. The van der Waals surface area contributed by atoms with Gasteiger partial charge in [0, 0.05) is 92.8 Å². The number of hydrogen-bond acceptors (Lipinski definition) is 11. The number of sulfone groups is 1. The normalized spacial score (nSPS) is 18.2. The third-order valence-electron chi connectivity index (χ3n) is 12.4. The molecular formula is C46H51ClF3N7O6S2. The highest BCUT2D eigenvalue weighted by molar-refractivity contribution is 7.92. The molecule has 3 heterocycles. The predicted octanol–water partition coefficient (Wildman–Crippen LogP) is 8.39. The van der Waals surface area contributed by atoms with Gasteiger partial charge in [-0.15, -0.1) is 0 Å². The second kappa shape index (κ2) is 18.3. The average Bonchev–Trinajstić information content (AvgIpc) is 3.75. The third-order valence-corrected chi connectivity index (χ3v) is 15.5. The topological polar surface area (TPSA) is 147 Å². The molecule has 65 heavy (non-hydrogen) atoms. The van der Waals surface area contributed by atoms with Gasteiger partial charge in [-0.25, -0.2) is 26.6 Å². The molecule has 2 fully saturated rings. The molecule has 3 N–H and O–H groups in total. The summed E-state index contributed by atoms with van der Waals surface area (Å²) in [6.07, 6.45) is 4.82. The summed E-state index contributed by atoms with van der Waals surface area (Å²) < 4.78 is 104. The van der Waals surface area contributed by atoms with E-state index in [4.69, 9.17) is 16.3 Å². The molecule has 13 nitrogen and oxygen atoms in total. The van der Waals surface area contributed by atoms with Gasteiger partial charge in [0.2, 0.25) is 0 Å². The maximum atomic E-state index is 14.0. The van der Waals surface area contributed by atoms with E-state index >= 15 is 0 Å². The molecule has 2 saturated heterocycles. The van der Waals surface area contributed by atoms with E-state index in [2.05, 4.69) is 46.2 Å². The lowest BCUT2D eigenvalue weighted by atomic mass is 9.72. The number of hydrogen-bond donors (Lipinski definition) is 3. The van der Waals surface area contributed by atoms with Crippen molar-refractivity contribution in [2.24, 2.45) is 5.41 Å². The highest BCUT2D eigenvalue weighted by Gasteiger charge is 2.48. The summed E-state index contributed by atoms with van der Waals surface area (Å²) in [5.74, 6) is -0.729. The SMILES string of the molecule is CN1CCN(Nc2ccc(S(=O)(=O)NC(=O)c3ccc(N4CCN(CC5=C(c6ccc(Cl)cc6)CC(C)(C)CC5)CC4)cc3Oc3cccc4[nH]ccc34)cc2S(=O)(=O)C(F)(F)F)CC1. The summed E-state index contributed by atoms with van der Waals surface area (Å²) in [6, 6.07) is 22.3. The van der Waals surface area contributed by atoms with Gasteiger partial charge >= 0.3 is 5.51 Å². The molecule has 1 aromatic heterocycles. The van der Waals surface area contributed by atoms with E-state index in [-0.39, 0.29) is 16.7 Å². The van der Waals surface area contributed by atoms with Crippen molar-refractivity contribution in [3.8, 4) is 11.5 Å². The molecule has 0 saturated carbocycles. The first kappa shape index (κ1) is 46.4. The van der Waals surface area contributed by atoms with Crippen molar-refractivity contribution in [1.29, 1.82) is 0 Å². The molecule has 0 spiro atoms. The number of halogens is 4. The zero-order valence-corrected chi connectivity index (χ0v) is 38.6. The first-order chi connectivity index (χ1) is 30.8. The monoisotopic (exact) mass is 953 g/mol. The van der Waals surface area contributed by atoms with E-state index in [0.29, 0.717) is 61.5 Å². The highest BCUT2D eigenvalue weighted by atomic mass is 35.5. The van der Waals surface area contributed by atoms with Crippen LogP contribution in [0.2, 0.25) is 5.02 Å². The number of anilines is 2. The number of allylic oxidation sites excluding steroid dienone is 1. The van der Waals surface area contributed by atoms with Gasteiger partial charge in [0.15, 0.2) is 0 Å². The molecule has 1 amide bonds. The molecule has 0 unspecified atom stereocenters. The molecule has 0 radical (unpaired) electrons. The second-order valence-corrected chi connectivity index (χ2v) is 21.6. The van der Waals surface area contributed by atoms with Gasteiger partial charge in [0.05, 0.1) is 16.1 Å². The van der Waals surface area contributed by atoms with Crippen LogP contribution < -0.4 is 19.8 Å². The van der Waals surface area contributed by atoms with Crippen LogP contribution in [-0.2, 0) is 19.9 Å². The number of H-pyrrole nitrogens is 1. The summed E-state index contributed by atoms with van der Waals surface area (Å²) in [7, 11) is -9.13. The number of ether oxygens (including phenoxy) is 1. The van der Waals surface area contributed by atoms with Crippen molar-refractivity contribution in [3.05, 3.63) is 113 Å². The third kappa shape index (κ3) is 10.3. The van der Waals surface area contributed by atoms with Crippen LogP contribution in [0.25, 0.3) is 16.5 Å². The Labute approximate surface area is 382 Å². The Morgan fingerprint density at radius 3 is 2.29 bits per heavy atom. The molecule has 0 bridgehead atoms. The van der Waals surface area contributed by atoms with E-state index < -0.39 is 46.8 Å². The summed E-state index contributed by atoms with van der Waals surface area (Å²) in [4.78, 5) is 21.6. The minimum absolute atomic E-state index is 0.0287. The first-order valence-corrected chi connectivity index (χ1v) is 24.7. The summed E-state index contributed by atoms with van der Waals surface area (Å²) in [6.45, 7) is 10.1. The van der Waals surface area contributed by atoms with Gasteiger partial charge in [0.25, 0.3) is 25.8 Å². The summed E-state index contributed by atoms with van der Waals surface area (Å²) in [5, 5.41) is 2.95. The smallest absolute Gasteiger partial charge is 0.456 e. The minimum atomic E-state index is -6.05. The number of piperazine rings is 2. The number of fused-ring (bicyclic) bond motifs is 1. The number of rotatable bonds is 12. The number of likely N-dealkylation sites (N-methyl/N-ethyl adjacent to an activating group) is 1. The number of aromatic nitrogens is 1. The van der Waals surface area contributed by atoms with Crippen molar-refractivity contribution in [2.45, 2.75) is 48.4 Å². The van der Waals surface area contributed by atoms with Crippen LogP contribution in [0.4, 0.5) is 24.5 Å². The fourth-order valence-corrected chi connectivity index (χ4v) is 10.7. The van der Waals surface area contributed by atoms with Gasteiger partial charge in [-0.2, -0.15) is 13.2 Å². The highest BCUT2D eigenvalue weighted by Crippen LogP contribution is 2.44. The largest absolute Gasteiger partial charge is 0.501 e. The molecule has 19 heteroatoms. The Hall–Kier alpha value is -5.11. The molecule has 3 aliphatic rings. The number of carbonyl (C=O) groups excluding carboxylic acids is 1. The van der Waals surface area contributed by atoms with Crippen molar-refractivity contribution >= 4 is 65.2 Å². The Morgan fingerprint density at radius 2 is 1.58 bits per heavy atom. The number of benzene rings is 4. The molecular weight excluding hydrogens is 903 g/mol.